The van der Waals surface area contributed by atoms with Gasteiger partial charge in [0.25, 0.3) is 0 Å². The van der Waals surface area contributed by atoms with Crippen LogP contribution in [0.25, 0.3) is 0 Å². The quantitative estimate of drug-likeness (QED) is 0.751. The first kappa shape index (κ1) is 17.1. The topological polar surface area (TPSA) is 57.6 Å². The Morgan fingerprint density at radius 2 is 1.70 bits per heavy atom. The van der Waals surface area contributed by atoms with Crippen LogP contribution in [0.15, 0.2) is 29.2 Å². The van der Waals surface area contributed by atoms with Gasteiger partial charge < -0.3 is 5.11 Å². The number of hydrogen-bond donors (Lipinski definition) is 1. The molecule has 0 fully saturated rings. The van der Waals surface area contributed by atoms with E-state index in [0.717, 1.165) is 24.8 Å². The maximum Gasteiger partial charge on any atom is 0.242 e. The first-order valence-corrected chi connectivity index (χ1v) is 8.50. The maximum absolute atomic E-state index is 12.4. The van der Waals surface area contributed by atoms with Crippen LogP contribution >= 0.6 is 0 Å². The lowest BCUT2D eigenvalue weighted by atomic mass is 10.0. The summed E-state index contributed by atoms with van der Waals surface area (Å²) in [4.78, 5) is 0.339. The standard InChI is InChI=1S/C15H25NO3S/c1-13(2)14-7-9-15(10-8-14)20(18,19)16(3)11-5-4-6-12-17/h7-10,13,17H,4-6,11-12H2,1-3H3. The van der Waals surface area contributed by atoms with E-state index in [4.69, 9.17) is 5.11 Å². The van der Waals surface area contributed by atoms with Crippen LogP contribution in [-0.2, 0) is 10.0 Å². The van der Waals surface area contributed by atoms with Gasteiger partial charge in [-0.25, -0.2) is 12.7 Å². The first-order chi connectivity index (χ1) is 9.39. The molecule has 0 aliphatic heterocycles. The molecular weight excluding hydrogens is 274 g/mol. The predicted molar refractivity (Wildman–Crippen MR) is 81.3 cm³/mol. The van der Waals surface area contributed by atoms with E-state index in [1.165, 1.54) is 4.31 Å². The van der Waals surface area contributed by atoms with Crippen LogP contribution in [0, 0.1) is 0 Å². The first-order valence-electron chi connectivity index (χ1n) is 7.06. The third-order valence-electron chi connectivity index (χ3n) is 3.39. The second kappa shape index (κ2) is 7.76. The van der Waals surface area contributed by atoms with Crippen LogP contribution < -0.4 is 0 Å². The van der Waals surface area contributed by atoms with E-state index in [2.05, 4.69) is 13.8 Å². The molecule has 1 aromatic rings. The van der Waals surface area contributed by atoms with Crippen molar-refractivity contribution < 1.29 is 13.5 Å². The van der Waals surface area contributed by atoms with Crippen molar-refractivity contribution >= 4 is 10.0 Å². The summed E-state index contributed by atoms with van der Waals surface area (Å²) < 4.78 is 26.1. The van der Waals surface area contributed by atoms with Crippen molar-refractivity contribution in [3.63, 3.8) is 0 Å². The third-order valence-corrected chi connectivity index (χ3v) is 5.26. The third kappa shape index (κ3) is 4.58. The number of hydrogen-bond acceptors (Lipinski definition) is 3. The molecule has 0 aliphatic carbocycles. The van der Waals surface area contributed by atoms with Crippen molar-refractivity contribution in [2.24, 2.45) is 0 Å². The molecule has 1 rings (SSSR count). The van der Waals surface area contributed by atoms with E-state index in [1.54, 1.807) is 19.2 Å². The van der Waals surface area contributed by atoms with Crippen molar-refractivity contribution in [3.8, 4) is 0 Å². The molecule has 0 amide bonds. The Labute approximate surface area is 122 Å². The molecule has 0 bridgehead atoms. The zero-order valence-electron chi connectivity index (χ0n) is 12.5. The van der Waals surface area contributed by atoms with Crippen molar-refractivity contribution in [2.45, 2.75) is 43.9 Å². The molecule has 0 heterocycles. The summed E-state index contributed by atoms with van der Waals surface area (Å²) in [5, 5.41) is 8.71. The molecule has 0 saturated carbocycles. The van der Waals surface area contributed by atoms with E-state index in [0.29, 0.717) is 17.4 Å². The lowest BCUT2D eigenvalue weighted by molar-refractivity contribution is 0.281. The van der Waals surface area contributed by atoms with E-state index in [-0.39, 0.29) is 6.61 Å². The molecule has 4 nitrogen and oxygen atoms in total. The van der Waals surface area contributed by atoms with Gasteiger partial charge in [0.2, 0.25) is 10.0 Å². The predicted octanol–water partition coefficient (Wildman–Crippen LogP) is 2.59. The Morgan fingerprint density at radius 1 is 1.10 bits per heavy atom. The second-order valence-corrected chi connectivity index (χ2v) is 7.38. The zero-order valence-corrected chi connectivity index (χ0v) is 13.4. The monoisotopic (exact) mass is 299 g/mol. The highest BCUT2D eigenvalue weighted by atomic mass is 32.2. The summed E-state index contributed by atoms with van der Waals surface area (Å²) in [5.41, 5.74) is 1.13. The highest BCUT2D eigenvalue weighted by molar-refractivity contribution is 7.89. The normalized spacial score (nSPS) is 12.3. The van der Waals surface area contributed by atoms with Gasteiger partial charge in [0.15, 0.2) is 0 Å². The van der Waals surface area contributed by atoms with E-state index < -0.39 is 10.0 Å². The summed E-state index contributed by atoms with van der Waals surface area (Å²) in [6, 6.07) is 7.10. The molecule has 20 heavy (non-hydrogen) atoms. The largest absolute Gasteiger partial charge is 0.396 e. The van der Waals surface area contributed by atoms with Gasteiger partial charge in [-0.2, -0.15) is 0 Å². The van der Waals surface area contributed by atoms with Crippen LogP contribution in [0.5, 0.6) is 0 Å². The number of aliphatic hydroxyl groups excluding tert-OH is 1. The van der Waals surface area contributed by atoms with Crippen LogP contribution in [0.3, 0.4) is 0 Å². The van der Waals surface area contributed by atoms with Crippen molar-refractivity contribution in [1.82, 2.24) is 4.31 Å². The zero-order chi connectivity index (χ0) is 15.2. The van der Waals surface area contributed by atoms with Crippen molar-refractivity contribution in [2.75, 3.05) is 20.2 Å². The molecule has 1 aromatic carbocycles. The average molecular weight is 299 g/mol. The van der Waals surface area contributed by atoms with Gasteiger partial charge in [0.05, 0.1) is 4.90 Å². The van der Waals surface area contributed by atoms with Gasteiger partial charge in [0.1, 0.15) is 0 Å². The summed E-state index contributed by atoms with van der Waals surface area (Å²) in [7, 11) is -1.80. The van der Waals surface area contributed by atoms with Gasteiger partial charge in [-0.3, -0.25) is 0 Å². The van der Waals surface area contributed by atoms with Gasteiger partial charge in [0, 0.05) is 20.2 Å². The van der Waals surface area contributed by atoms with Gasteiger partial charge in [-0.15, -0.1) is 0 Å². The fourth-order valence-electron chi connectivity index (χ4n) is 1.95. The number of sulfonamides is 1. The molecule has 0 atom stereocenters. The van der Waals surface area contributed by atoms with Crippen molar-refractivity contribution in [3.05, 3.63) is 29.8 Å². The van der Waals surface area contributed by atoms with Crippen LogP contribution in [-0.4, -0.2) is 38.0 Å². The minimum Gasteiger partial charge on any atom is -0.396 e. The Kier molecular flexibility index (Phi) is 6.65. The fraction of sp³-hybridized carbons (Fsp3) is 0.600. The Morgan fingerprint density at radius 3 is 2.20 bits per heavy atom. The molecule has 5 heteroatoms. The summed E-state index contributed by atoms with van der Waals surface area (Å²) in [6.07, 6.45) is 2.32. The molecule has 0 unspecified atom stereocenters. The number of unbranched alkanes of at least 4 members (excludes halogenated alkanes) is 2. The number of aliphatic hydroxyl groups is 1. The number of rotatable bonds is 8. The van der Waals surface area contributed by atoms with E-state index in [1.807, 2.05) is 12.1 Å². The van der Waals surface area contributed by atoms with Crippen LogP contribution in [0.4, 0.5) is 0 Å². The second-order valence-electron chi connectivity index (χ2n) is 5.33. The summed E-state index contributed by atoms with van der Waals surface area (Å²) in [5.74, 6) is 0.392. The number of nitrogens with zero attached hydrogens (tertiary/aromatic N) is 1. The molecule has 0 aliphatic rings. The highest BCUT2D eigenvalue weighted by Gasteiger charge is 2.20. The van der Waals surface area contributed by atoms with Gasteiger partial charge in [-0.1, -0.05) is 26.0 Å². The minimum atomic E-state index is -3.40. The number of benzene rings is 1. The molecular formula is C15H25NO3S. The molecule has 1 N–H and O–H groups in total. The molecule has 0 aromatic heterocycles. The fourth-order valence-corrected chi connectivity index (χ4v) is 3.16. The smallest absolute Gasteiger partial charge is 0.242 e. The minimum absolute atomic E-state index is 0.160. The lowest BCUT2D eigenvalue weighted by Gasteiger charge is -2.17. The van der Waals surface area contributed by atoms with Crippen LogP contribution in [0.2, 0.25) is 0 Å². The average Bonchev–Trinajstić information content (AvgIpc) is 2.43. The van der Waals surface area contributed by atoms with Gasteiger partial charge in [-0.05, 0) is 42.9 Å². The maximum atomic E-state index is 12.4. The van der Waals surface area contributed by atoms with E-state index >= 15 is 0 Å². The Balaban J connectivity index is 2.72. The molecule has 0 spiro atoms. The summed E-state index contributed by atoms with van der Waals surface area (Å²) in [6.45, 7) is 4.80. The summed E-state index contributed by atoms with van der Waals surface area (Å²) >= 11 is 0. The van der Waals surface area contributed by atoms with Gasteiger partial charge >= 0.3 is 0 Å². The molecule has 114 valence electrons. The van der Waals surface area contributed by atoms with E-state index in [9.17, 15) is 8.42 Å². The SMILES string of the molecule is CC(C)c1ccc(S(=O)(=O)N(C)CCCCCO)cc1. The lowest BCUT2D eigenvalue weighted by Crippen LogP contribution is -2.28. The Hall–Kier alpha value is -0.910. The van der Waals surface area contributed by atoms with Crippen LogP contribution in [0.1, 0.15) is 44.6 Å². The van der Waals surface area contributed by atoms with Crippen molar-refractivity contribution in [1.29, 1.82) is 0 Å². The Bertz CT molecular complexity index is 494. The molecule has 0 saturated heterocycles. The highest BCUT2D eigenvalue weighted by Crippen LogP contribution is 2.19. The molecule has 0 radical (unpaired) electrons.